The summed E-state index contributed by atoms with van der Waals surface area (Å²) in [6, 6.07) is 5.21. The minimum Gasteiger partial charge on any atom is -0.379 e. The zero-order chi connectivity index (χ0) is 27.2. The van der Waals surface area contributed by atoms with Crippen molar-refractivity contribution in [2.24, 2.45) is 5.73 Å². The van der Waals surface area contributed by atoms with Crippen molar-refractivity contribution in [3.63, 3.8) is 0 Å². The number of benzene rings is 1. The number of hydrogen-bond donors (Lipinski definition) is 2. The number of carbonyl (C=O) groups excluding carboxylic acids is 1. The molecule has 3 N–H and O–H groups in total. The fourth-order valence-electron chi connectivity index (χ4n) is 3.57. The number of amides is 1. The smallest absolute Gasteiger partial charge is 0.379 e. The summed E-state index contributed by atoms with van der Waals surface area (Å²) in [4.78, 5) is 22.3. The molecule has 202 valence electrons. The Morgan fingerprint density at radius 1 is 1.24 bits per heavy atom. The van der Waals surface area contributed by atoms with Crippen molar-refractivity contribution in [2.45, 2.75) is 36.2 Å². The molecule has 37 heavy (non-hydrogen) atoms. The summed E-state index contributed by atoms with van der Waals surface area (Å²) in [6.45, 7) is 7.20. The number of ether oxygens (including phenoxy) is 1. The maximum absolute atomic E-state index is 13.1. The number of carbonyl (C=O) groups is 1. The number of morpholine rings is 1. The van der Waals surface area contributed by atoms with Gasteiger partial charge in [0.15, 0.2) is 5.82 Å². The number of nitrogens with zero attached hydrogens (tertiary/aromatic N) is 3. The molecular formula is C23H28F3N5O4S2. The molecule has 14 heteroatoms. The highest BCUT2D eigenvalue weighted by Crippen LogP contribution is 2.35. The average Bonchev–Trinajstić information content (AvgIpc) is 2.83. The van der Waals surface area contributed by atoms with Gasteiger partial charge in [0.05, 0.1) is 23.7 Å². The first-order valence-corrected chi connectivity index (χ1v) is 13.7. The Hall–Kier alpha value is -2.52. The SMILES string of the molecule is CC(Sc1cc(S(=O)(=O)NCCCN2CCOCC2)ccc1C)=C(C(N)=O)c1nccc(C(F)(F)F)n1. The van der Waals surface area contributed by atoms with Gasteiger partial charge in [0, 0.05) is 35.6 Å². The minimum atomic E-state index is -4.73. The van der Waals surface area contributed by atoms with Crippen LogP contribution in [0.25, 0.3) is 5.57 Å². The highest BCUT2D eigenvalue weighted by Gasteiger charge is 2.33. The average molecular weight is 560 g/mol. The molecule has 1 saturated heterocycles. The molecule has 9 nitrogen and oxygen atoms in total. The van der Waals surface area contributed by atoms with Crippen LogP contribution in [0.15, 0.2) is 45.2 Å². The Morgan fingerprint density at radius 3 is 2.59 bits per heavy atom. The molecule has 1 fully saturated rings. The second-order valence-electron chi connectivity index (χ2n) is 8.29. The number of nitrogens with two attached hydrogens (primary N) is 1. The number of alkyl halides is 3. The topological polar surface area (TPSA) is 128 Å². The lowest BCUT2D eigenvalue weighted by Gasteiger charge is -2.26. The summed E-state index contributed by atoms with van der Waals surface area (Å²) in [5.41, 5.74) is 4.66. The second kappa shape index (κ2) is 12.3. The summed E-state index contributed by atoms with van der Waals surface area (Å²) in [6.07, 6.45) is -3.20. The van der Waals surface area contributed by atoms with Crippen molar-refractivity contribution < 1.29 is 31.1 Å². The lowest BCUT2D eigenvalue weighted by atomic mass is 10.2. The molecule has 1 aliphatic heterocycles. The van der Waals surface area contributed by atoms with Gasteiger partial charge in [-0.1, -0.05) is 17.8 Å². The molecule has 0 atom stereocenters. The van der Waals surface area contributed by atoms with Crippen LogP contribution < -0.4 is 10.5 Å². The highest BCUT2D eigenvalue weighted by atomic mass is 32.2. The number of primary amides is 1. The zero-order valence-corrected chi connectivity index (χ0v) is 22.0. The fraction of sp³-hybridized carbons (Fsp3) is 0.435. The molecule has 0 bridgehead atoms. The predicted octanol–water partition coefficient (Wildman–Crippen LogP) is 2.81. The van der Waals surface area contributed by atoms with Crippen molar-refractivity contribution in [2.75, 3.05) is 39.4 Å². The minimum absolute atomic E-state index is 0.0238. The van der Waals surface area contributed by atoms with E-state index < -0.39 is 33.6 Å². The first-order chi connectivity index (χ1) is 17.4. The maximum atomic E-state index is 13.1. The first kappa shape index (κ1) is 29.0. The van der Waals surface area contributed by atoms with Gasteiger partial charge in [-0.2, -0.15) is 13.2 Å². The van der Waals surface area contributed by atoms with E-state index in [1.165, 1.54) is 19.1 Å². The van der Waals surface area contributed by atoms with Gasteiger partial charge in [0.1, 0.15) is 5.69 Å². The molecule has 2 heterocycles. The van der Waals surface area contributed by atoms with E-state index in [1.807, 2.05) is 0 Å². The van der Waals surface area contributed by atoms with E-state index in [2.05, 4.69) is 19.6 Å². The number of rotatable bonds is 10. The summed E-state index contributed by atoms with van der Waals surface area (Å²) in [7, 11) is -3.81. The van der Waals surface area contributed by atoms with Crippen LogP contribution in [-0.4, -0.2) is 68.6 Å². The van der Waals surface area contributed by atoms with Crippen LogP contribution in [0, 0.1) is 6.92 Å². The van der Waals surface area contributed by atoms with Crippen LogP contribution in [0.3, 0.4) is 0 Å². The van der Waals surface area contributed by atoms with Crippen LogP contribution in [0.2, 0.25) is 0 Å². The number of aromatic nitrogens is 2. The lowest BCUT2D eigenvalue weighted by Crippen LogP contribution is -2.38. The third-order valence-electron chi connectivity index (χ3n) is 5.55. The maximum Gasteiger partial charge on any atom is 0.433 e. The Morgan fingerprint density at radius 2 is 1.95 bits per heavy atom. The number of thioether (sulfide) groups is 1. The molecule has 1 aromatic carbocycles. The molecule has 0 spiro atoms. The first-order valence-electron chi connectivity index (χ1n) is 11.4. The van der Waals surface area contributed by atoms with Gasteiger partial charge in [0.25, 0.3) is 5.91 Å². The van der Waals surface area contributed by atoms with Crippen molar-refractivity contribution >= 4 is 33.3 Å². The number of aryl methyl sites for hydroxylation is 1. The van der Waals surface area contributed by atoms with Gasteiger partial charge in [-0.15, -0.1) is 0 Å². The van der Waals surface area contributed by atoms with Gasteiger partial charge >= 0.3 is 6.18 Å². The standard InChI is InChI=1S/C23H28F3N5O4S2/c1-15-4-5-17(37(33,34)29-7-3-9-31-10-12-35-13-11-31)14-18(15)36-16(2)20(21(27)32)22-28-8-6-19(30-22)23(24,25)26/h4-6,8,14,29H,3,7,9-13H2,1-2H3,(H2,27,32). The number of sulfonamides is 1. The largest absolute Gasteiger partial charge is 0.433 e. The third-order valence-corrected chi connectivity index (χ3v) is 8.18. The van der Waals surface area contributed by atoms with Crippen LogP contribution >= 0.6 is 11.8 Å². The molecular weight excluding hydrogens is 531 g/mol. The van der Waals surface area contributed by atoms with Crippen LogP contribution in [-0.2, 0) is 25.7 Å². The van der Waals surface area contributed by atoms with Gasteiger partial charge in [-0.3, -0.25) is 9.69 Å². The summed E-state index contributed by atoms with van der Waals surface area (Å²) in [5.74, 6) is -1.47. The Kier molecular flexibility index (Phi) is 9.69. The number of nitrogens with one attached hydrogen (secondary N) is 1. The molecule has 0 unspecified atom stereocenters. The normalized spacial score (nSPS) is 15.9. The van der Waals surface area contributed by atoms with Crippen molar-refractivity contribution in [1.82, 2.24) is 19.6 Å². The summed E-state index contributed by atoms with van der Waals surface area (Å²) >= 11 is 0.999. The molecule has 1 amide bonds. The van der Waals surface area contributed by atoms with E-state index in [0.29, 0.717) is 36.2 Å². The molecule has 0 saturated carbocycles. The number of hydrogen-bond acceptors (Lipinski definition) is 8. The van der Waals surface area contributed by atoms with E-state index in [4.69, 9.17) is 10.5 Å². The van der Waals surface area contributed by atoms with Crippen molar-refractivity contribution in [3.8, 4) is 0 Å². The Balaban J connectivity index is 1.78. The van der Waals surface area contributed by atoms with E-state index >= 15 is 0 Å². The van der Waals surface area contributed by atoms with Crippen LogP contribution in [0.5, 0.6) is 0 Å². The fourth-order valence-corrected chi connectivity index (χ4v) is 5.78. The third kappa shape index (κ3) is 7.98. The number of allylic oxidation sites excluding steroid dienone is 1. The molecule has 2 aromatic rings. The molecule has 3 rings (SSSR count). The molecule has 0 aliphatic carbocycles. The molecule has 1 aliphatic rings. The molecule has 1 aromatic heterocycles. The predicted molar refractivity (Wildman–Crippen MR) is 133 cm³/mol. The summed E-state index contributed by atoms with van der Waals surface area (Å²) in [5, 5.41) is 0. The van der Waals surface area contributed by atoms with E-state index in [9.17, 15) is 26.4 Å². The van der Waals surface area contributed by atoms with Gasteiger partial charge in [-0.05, 0) is 50.6 Å². The van der Waals surface area contributed by atoms with Crippen LogP contribution in [0.1, 0.15) is 30.4 Å². The Labute approximate surface area is 217 Å². The van der Waals surface area contributed by atoms with E-state index in [0.717, 1.165) is 37.6 Å². The quantitative estimate of drug-likeness (QED) is 0.259. The van der Waals surface area contributed by atoms with Crippen molar-refractivity contribution in [1.29, 1.82) is 0 Å². The number of halogens is 3. The monoisotopic (exact) mass is 559 g/mol. The van der Waals surface area contributed by atoms with Gasteiger partial charge in [-0.25, -0.2) is 23.1 Å². The van der Waals surface area contributed by atoms with Crippen molar-refractivity contribution in [3.05, 3.63) is 52.4 Å². The van der Waals surface area contributed by atoms with Gasteiger partial charge in [0.2, 0.25) is 10.0 Å². The van der Waals surface area contributed by atoms with E-state index in [-0.39, 0.29) is 21.9 Å². The molecule has 0 radical (unpaired) electrons. The second-order valence-corrected chi connectivity index (χ2v) is 11.3. The lowest BCUT2D eigenvalue weighted by molar-refractivity contribution is -0.141. The highest BCUT2D eigenvalue weighted by molar-refractivity contribution is 8.03. The van der Waals surface area contributed by atoms with Crippen LogP contribution in [0.4, 0.5) is 13.2 Å². The zero-order valence-electron chi connectivity index (χ0n) is 20.3. The van der Waals surface area contributed by atoms with Gasteiger partial charge < -0.3 is 10.5 Å². The van der Waals surface area contributed by atoms with E-state index in [1.54, 1.807) is 13.0 Å². The Bertz CT molecular complexity index is 1260. The summed E-state index contributed by atoms with van der Waals surface area (Å²) < 4.78 is 72.9.